The number of hydrogen-bond donors (Lipinski definition) is 1. The third-order valence-corrected chi connectivity index (χ3v) is 4.49. The van der Waals surface area contributed by atoms with E-state index in [1.165, 1.54) is 28.7 Å². The highest BCUT2D eigenvalue weighted by Crippen LogP contribution is 2.14. The summed E-state index contributed by atoms with van der Waals surface area (Å²) < 4.78 is 1.35. The van der Waals surface area contributed by atoms with Gasteiger partial charge in [-0.1, -0.05) is 11.3 Å². The Morgan fingerprint density at radius 3 is 3.30 bits per heavy atom. The topological polar surface area (TPSA) is 62.5 Å². The van der Waals surface area contributed by atoms with E-state index in [0.717, 1.165) is 25.2 Å². The summed E-state index contributed by atoms with van der Waals surface area (Å²) in [6, 6.07) is 2.16. The standard InChI is InChI=1S/C13H19N5OS/c1-17(11-3-2-5-14-6-4-11)8-10-7-12(19)18-13(16-10)20-9-15-18/h7,9,11,14H,2-6,8H2,1H3. The van der Waals surface area contributed by atoms with Gasteiger partial charge in [0.05, 0.1) is 5.69 Å². The summed E-state index contributed by atoms with van der Waals surface area (Å²) in [7, 11) is 2.12. The van der Waals surface area contributed by atoms with Crippen molar-refractivity contribution in [3.63, 3.8) is 0 Å². The summed E-state index contributed by atoms with van der Waals surface area (Å²) in [5.41, 5.74) is 2.38. The van der Waals surface area contributed by atoms with Crippen molar-refractivity contribution in [1.29, 1.82) is 0 Å². The van der Waals surface area contributed by atoms with Gasteiger partial charge in [0.1, 0.15) is 5.51 Å². The van der Waals surface area contributed by atoms with E-state index in [2.05, 4.69) is 27.3 Å². The predicted octanol–water partition coefficient (Wildman–Crippen LogP) is 0.725. The van der Waals surface area contributed by atoms with E-state index in [1.54, 1.807) is 11.6 Å². The molecule has 1 saturated heterocycles. The first-order valence-corrected chi connectivity index (χ1v) is 7.85. The summed E-state index contributed by atoms with van der Waals surface area (Å²) in [6.07, 6.45) is 3.56. The van der Waals surface area contributed by atoms with Gasteiger partial charge in [0.15, 0.2) is 0 Å². The molecule has 1 unspecified atom stereocenters. The van der Waals surface area contributed by atoms with Crippen LogP contribution in [0.4, 0.5) is 0 Å². The molecule has 20 heavy (non-hydrogen) atoms. The van der Waals surface area contributed by atoms with Crippen molar-refractivity contribution in [2.45, 2.75) is 31.8 Å². The van der Waals surface area contributed by atoms with Gasteiger partial charge < -0.3 is 5.32 Å². The molecule has 3 rings (SSSR count). The largest absolute Gasteiger partial charge is 0.317 e. The molecule has 3 heterocycles. The first-order chi connectivity index (χ1) is 9.74. The third kappa shape index (κ3) is 2.89. The van der Waals surface area contributed by atoms with Gasteiger partial charge in [-0.2, -0.15) is 9.61 Å². The Hall–Kier alpha value is -1.31. The quantitative estimate of drug-likeness (QED) is 0.904. The van der Waals surface area contributed by atoms with Gasteiger partial charge in [-0.25, -0.2) is 4.98 Å². The van der Waals surface area contributed by atoms with Crippen molar-refractivity contribution in [3.8, 4) is 0 Å². The molecule has 6 nitrogen and oxygen atoms in total. The van der Waals surface area contributed by atoms with E-state index < -0.39 is 0 Å². The highest BCUT2D eigenvalue weighted by molar-refractivity contribution is 7.14. The lowest BCUT2D eigenvalue weighted by molar-refractivity contribution is 0.214. The summed E-state index contributed by atoms with van der Waals surface area (Å²) in [5.74, 6) is 0. The molecule has 0 radical (unpaired) electrons. The number of aromatic nitrogens is 3. The third-order valence-electron chi connectivity index (χ3n) is 3.82. The van der Waals surface area contributed by atoms with E-state index in [4.69, 9.17) is 0 Å². The normalized spacial score (nSPS) is 20.4. The Morgan fingerprint density at radius 2 is 2.40 bits per heavy atom. The van der Waals surface area contributed by atoms with Crippen molar-refractivity contribution in [2.75, 3.05) is 20.1 Å². The van der Waals surface area contributed by atoms with Crippen LogP contribution in [0, 0.1) is 0 Å². The van der Waals surface area contributed by atoms with Crippen molar-refractivity contribution in [3.05, 3.63) is 27.6 Å². The van der Waals surface area contributed by atoms with E-state index in [-0.39, 0.29) is 5.56 Å². The second-order valence-electron chi connectivity index (χ2n) is 5.27. The van der Waals surface area contributed by atoms with Gasteiger partial charge in [-0.15, -0.1) is 0 Å². The van der Waals surface area contributed by atoms with Gasteiger partial charge in [-0.05, 0) is 39.4 Å². The van der Waals surface area contributed by atoms with Crippen LogP contribution in [0.2, 0.25) is 0 Å². The van der Waals surface area contributed by atoms with Crippen LogP contribution >= 0.6 is 11.3 Å². The zero-order chi connectivity index (χ0) is 13.9. The summed E-state index contributed by atoms with van der Waals surface area (Å²) >= 11 is 1.39. The molecule has 0 amide bonds. The second kappa shape index (κ2) is 5.99. The highest BCUT2D eigenvalue weighted by Gasteiger charge is 2.17. The van der Waals surface area contributed by atoms with Gasteiger partial charge in [0, 0.05) is 18.7 Å². The molecule has 2 aromatic rings. The molecule has 2 aromatic heterocycles. The number of nitrogens with one attached hydrogen (secondary N) is 1. The van der Waals surface area contributed by atoms with E-state index in [0.29, 0.717) is 17.5 Å². The molecule has 1 atom stereocenters. The average Bonchev–Trinajstić information content (AvgIpc) is 2.73. The summed E-state index contributed by atoms with van der Waals surface area (Å²) in [5, 5.41) is 7.40. The first-order valence-electron chi connectivity index (χ1n) is 6.97. The summed E-state index contributed by atoms with van der Waals surface area (Å²) in [4.78, 5) is 19.4. The smallest absolute Gasteiger partial charge is 0.275 e. The zero-order valence-electron chi connectivity index (χ0n) is 11.6. The van der Waals surface area contributed by atoms with E-state index >= 15 is 0 Å². The van der Waals surface area contributed by atoms with Gasteiger partial charge in [-0.3, -0.25) is 9.69 Å². The fourth-order valence-electron chi connectivity index (χ4n) is 2.71. The fourth-order valence-corrected chi connectivity index (χ4v) is 3.35. The van der Waals surface area contributed by atoms with Crippen LogP contribution < -0.4 is 10.9 Å². The molecule has 0 aromatic carbocycles. The monoisotopic (exact) mass is 293 g/mol. The lowest BCUT2D eigenvalue weighted by Gasteiger charge is -2.26. The molecular formula is C13H19N5OS. The molecule has 1 N–H and O–H groups in total. The lowest BCUT2D eigenvalue weighted by Crippen LogP contribution is -2.32. The second-order valence-corrected chi connectivity index (χ2v) is 6.08. The molecule has 0 bridgehead atoms. The van der Waals surface area contributed by atoms with Gasteiger partial charge >= 0.3 is 0 Å². The van der Waals surface area contributed by atoms with Gasteiger partial charge in [0.2, 0.25) is 4.96 Å². The summed E-state index contributed by atoms with van der Waals surface area (Å²) in [6.45, 7) is 2.89. The van der Waals surface area contributed by atoms with Crippen LogP contribution in [0.1, 0.15) is 25.0 Å². The molecular weight excluding hydrogens is 274 g/mol. The zero-order valence-corrected chi connectivity index (χ0v) is 12.4. The van der Waals surface area contributed by atoms with Crippen molar-refractivity contribution < 1.29 is 0 Å². The van der Waals surface area contributed by atoms with Crippen molar-refractivity contribution in [1.82, 2.24) is 24.8 Å². The van der Waals surface area contributed by atoms with Crippen LogP contribution in [-0.4, -0.2) is 45.7 Å². The maximum atomic E-state index is 11.9. The molecule has 1 aliphatic heterocycles. The first kappa shape index (κ1) is 13.7. The molecule has 1 aliphatic rings. The SMILES string of the molecule is CN(Cc1cc(=O)n2ncsc2n1)C1CCCNCC1. The van der Waals surface area contributed by atoms with Crippen LogP contribution in [-0.2, 0) is 6.54 Å². The van der Waals surface area contributed by atoms with E-state index in [1.807, 2.05) is 0 Å². The highest BCUT2D eigenvalue weighted by atomic mass is 32.1. The van der Waals surface area contributed by atoms with E-state index in [9.17, 15) is 4.79 Å². The Kier molecular flexibility index (Phi) is 4.09. The molecule has 0 saturated carbocycles. The minimum Gasteiger partial charge on any atom is -0.317 e. The maximum Gasteiger partial charge on any atom is 0.275 e. The minimum atomic E-state index is -0.0952. The molecule has 0 spiro atoms. The minimum absolute atomic E-state index is 0.0952. The van der Waals surface area contributed by atoms with Crippen LogP contribution in [0.5, 0.6) is 0 Å². The fraction of sp³-hybridized carbons (Fsp3) is 0.615. The number of nitrogens with zero attached hydrogens (tertiary/aromatic N) is 4. The number of rotatable bonds is 3. The molecule has 0 aliphatic carbocycles. The molecule has 1 fully saturated rings. The van der Waals surface area contributed by atoms with Gasteiger partial charge in [0.25, 0.3) is 5.56 Å². The van der Waals surface area contributed by atoms with Crippen LogP contribution in [0.15, 0.2) is 16.4 Å². The average molecular weight is 293 g/mol. The Morgan fingerprint density at radius 1 is 1.50 bits per heavy atom. The lowest BCUT2D eigenvalue weighted by atomic mass is 10.1. The number of fused-ring (bicyclic) bond motifs is 1. The predicted molar refractivity (Wildman–Crippen MR) is 79.1 cm³/mol. The Balaban J connectivity index is 1.76. The van der Waals surface area contributed by atoms with Crippen LogP contribution in [0.3, 0.4) is 0 Å². The Bertz CT molecular complexity index is 629. The maximum absolute atomic E-state index is 11.9. The molecule has 7 heteroatoms. The number of hydrogen-bond acceptors (Lipinski definition) is 6. The van der Waals surface area contributed by atoms with Crippen molar-refractivity contribution >= 4 is 16.3 Å². The van der Waals surface area contributed by atoms with Crippen LogP contribution in [0.25, 0.3) is 4.96 Å². The molecule has 108 valence electrons. The van der Waals surface area contributed by atoms with Crippen molar-refractivity contribution in [2.24, 2.45) is 0 Å². The Labute approximate surface area is 121 Å².